The van der Waals surface area contributed by atoms with Gasteiger partial charge in [-0.25, -0.2) is 9.78 Å². The standard InChI is InChI=1S/C16H27N5O2S/c1-10(2)21(11(3)4)8-9-24-15-17-12-13(18(15)5)19(6)16(23)20(7)14(12)22/h10-11H,8-9H2,1-7H3/p+1. The second kappa shape index (κ2) is 7.14. The molecule has 2 aromatic rings. The van der Waals surface area contributed by atoms with Crippen molar-refractivity contribution in [2.45, 2.75) is 44.9 Å². The van der Waals surface area contributed by atoms with Gasteiger partial charge < -0.3 is 9.47 Å². The Labute approximate surface area is 146 Å². The Bertz CT molecular complexity index is 839. The molecule has 0 amide bonds. The second-order valence-corrected chi connectivity index (χ2v) is 7.88. The van der Waals surface area contributed by atoms with Crippen molar-refractivity contribution in [3.63, 3.8) is 0 Å². The fourth-order valence-corrected chi connectivity index (χ4v) is 4.15. The Morgan fingerprint density at radius 3 is 2.12 bits per heavy atom. The summed E-state index contributed by atoms with van der Waals surface area (Å²) in [5.41, 5.74) is 0.249. The SMILES string of the molecule is CC(C)[NH+](CCSc1nc2c(=O)n(C)c(=O)n(C)c2n1C)C(C)C. The summed E-state index contributed by atoms with van der Waals surface area (Å²) in [4.78, 5) is 30.4. The lowest BCUT2D eigenvalue weighted by Crippen LogP contribution is -3.18. The predicted octanol–water partition coefficient (Wildman–Crippen LogP) is -0.235. The number of aryl methyl sites for hydroxylation is 2. The first-order valence-corrected chi connectivity index (χ1v) is 9.26. The van der Waals surface area contributed by atoms with Crippen molar-refractivity contribution in [3.05, 3.63) is 20.8 Å². The molecule has 0 saturated carbocycles. The summed E-state index contributed by atoms with van der Waals surface area (Å²) in [5.74, 6) is 0.914. The van der Waals surface area contributed by atoms with Gasteiger partial charge in [0.25, 0.3) is 5.56 Å². The predicted molar refractivity (Wildman–Crippen MR) is 98.0 cm³/mol. The second-order valence-electron chi connectivity index (χ2n) is 6.81. The summed E-state index contributed by atoms with van der Waals surface area (Å²) in [6.45, 7) is 9.95. The van der Waals surface area contributed by atoms with Gasteiger partial charge in [-0.15, -0.1) is 0 Å². The van der Waals surface area contributed by atoms with E-state index in [2.05, 4.69) is 32.7 Å². The van der Waals surface area contributed by atoms with E-state index in [-0.39, 0.29) is 11.2 Å². The lowest BCUT2D eigenvalue weighted by atomic mass is 10.2. The van der Waals surface area contributed by atoms with Crippen LogP contribution in [0.1, 0.15) is 27.7 Å². The van der Waals surface area contributed by atoms with Crippen LogP contribution in [-0.4, -0.2) is 43.1 Å². The van der Waals surface area contributed by atoms with Crippen molar-refractivity contribution in [1.82, 2.24) is 18.7 Å². The van der Waals surface area contributed by atoms with Crippen LogP contribution in [0.3, 0.4) is 0 Å². The van der Waals surface area contributed by atoms with Crippen molar-refractivity contribution in [1.29, 1.82) is 0 Å². The Morgan fingerprint density at radius 2 is 1.58 bits per heavy atom. The molecule has 0 fully saturated rings. The summed E-state index contributed by atoms with van der Waals surface area (Å²) < 4.78 is 4.42. The fourth-order valence-electron chi connectivity index (χ4n) is 3.19. The number of thioether (sulfide) groups is 1. The van der Waals surface area contributed by atoms with Gasteiger partial charge in [0, 0.05) is 21.1 Å². The Balaban J connectivity index is 2.30. The van der Waals surface area contributed by atoms with Crippen molar-refractivity contribution >= 4 is 22.9 Å². The number of aromatic nitrogens is 4. The zero-order chi connectivity index (χ0) is 18.2. The Hall–Kier alpha value is -1.54. The molecule has 2 aromatic heterocycles. The number of imidazole rings is 1. The number of quaternary nitrogens is 1. The van der Waals surface area contributed by atoms with Crippen molar-refractivity contribution < 1.29 is 4.90 Å². The molecule has 0 atom stereocenters. The first kappa shape index (κ1) is 18.8. The molecule has 2 rings (SSSR count). The minimum atomic E-state index is -0.341. The summed E-state index contributed by atoms with van der Waals surface area (Å²) in [6, 6.07) is 1.14. The molecule has 7 nitrogen and oxygen atoms in total. The molecule has 0 spiro atoms. The van der Waals surface area contributed by atoms with Crippen molar-refractivity contribution in [2.24, 2.45) is 21.1 Å². The molecular weight excluding hydrogens is 326 g/mol. The van der Waals surface area contributed by atoms with E-state index in [1.165, 1.54) is 11.6 Å². The van der Waals surface area contributed by atoms with E-state index in [1.807, 2.05) is 11.6 Å². The van der Waals surface area contributed by atoms with Crippen LogP contribution in [0.5, 0.6) is 0 Å². The smallest absolute Gasteiger partial charge is 0.330 e. The first-order chi connectivity index (χ1) is 11.2. The highest BCUT2D eigenvalue weighted by atomic mass is 32.2. The maximum absolute atomic E-state index is 12.3. The highest BCUT2D eigenvalue weighted by Gasteiger charge is 2.19. The third-order valence-electron chi connectivity index (χ3n) is 4.53. The molecule has 24 heavy (non-hydrogen) atoms. The summed E-state index contributed by atoms with van der Waals surface area (Å²) in [7, 11) is 5.01. The van der Waals surface area contributed by atoms with Crippen LogP contribution in [-0.2, 0) is 21.1 Å². The van der Waals surface area contributed by atoms with Crippen molar-refractivity contribution in [3.8, 4) is 0 Å². The fraction of sp³-hybridized carbons (Fsp3) is 0.688. The van der Waals surface area contributed by atoms with Crippen molar-refractivity contribution in [2.75, 3.05) is 12.3 Å². The average Bonchev–Trinajstić information content (AvgIpc) is 2.83. The van der Waals surface area contributed by atoms with Crippen LogP contribution in [0.15, 0.2) is 14.7 Å². The van der Waals surface area contributed by atoms with Gasteiger partial charge in [-0.1, -0.05) is 11.8 Å². The van der Waals surface area contributed by atoms with Gasteiger partial charge in [0.15, 0.2) is 16.3 Å². The quantitative estimate of drug-likeness (QED) is 0.728. The molecule has 0 saturated heterocycles. The molecule has 8 heteroatoms. The van der Waals surface area contributed by atoms with E-state index in [9.17, 15) is 9.59 Å². The van der Waals surface area contributed by atoms with Crippen LogP contribution in [0.4, 0.5) is 0 Å². The third kappa shape index (κ3) is 3.30. The number of nitrogens with one attached hydrogen (secondary N) is 1. The van der Waals surface area contributed by atoms with Gasteiger partial charge in [-0.3, -0.25) is 13.9 Å². The van der Waals surface area contributed by atoms with Gasteiger partial charge in [0.05, 0.1) is 24.4 Å². The molecule has 0 radical (unpaired) electrons. The topological polar surface area (TPSA) is 66.3 Å². The maximum atomic E-state index is 12.3. The zero-order valence-electron chi connectivity index (χ0n) is 15.6. The summed E-state index contributed by atoms with van der Waals surface area (Å²) >= 11 is 1.63. The van der Waals surface area contributed by atoms with E-state index in [0.29, 0.717) is 23.2 Å². The van der Waals surface area contributed by atoms with Crippen LogP contribution in [0, 0.1) is 0 Å². The van der Waals surface area contributed by atoms with Crippen LogP contribution >= 0.6 is 11.8 Å². The number of rotatable bonds is 6. The molecule has 0 aliphatic heterocycles. The highest BCUT2D eigenvalue weighted by molar-refractivity contribution is 7.99. The monoisotopic (exact) mass is 354 g/mol. The lowest BCUT2D eigenvalue weighted by Gasteiger charge is -2.27. The molecule has 0 bridgehead atoms. The third-order valence-corrected chi connectivity index (χ3v) is 5.56. The average molecular weight is 355 g/mol. The number of hydrogen-bond donors (Lipinski definition) is 1. The molecule has 2 heterocycles. The lowest BCUT2D eigenvalue weighted by molar-refractivity contribution is -0.939. The van der Waals surface area contributed by atoms with Gasteiger partial charge in [-0.05, 0) is 27.7 Å². The van der Waals surface area contributed by atoms with Gasteiger partial charge in [0.1, 0.15) is 0 Å². The number of fused-ring (bicyclic) bond motifs is 1. The van der Waals surface area contributed by atoms with E-state index >= 15 is 0 Å². The minimum Gasteiger partial charge on any atom is -0.330 e. The zero-order valence-corrected chi connectivity index (χ0v) is 16.4. The number of nitrogens with zero attached hydrogens (tertiary/aromatic N) is 4. The Kier molecular flexibility index (Phi) is 5.59. The van der Waals surface area contributed by atoms with E-state index in [1.54, 1.807) is 23.7 Å². The molecule has 0 unspecified atom stereocenters. The van der Waals surface area contributed by atoms with Crippen LogP contribution < -0.4 is 16.1 Å². The molecule has 0 aromatic carbocycles. The molecule has 1 N–H and O–H groups in total. The largest absolute Gasteiger partial charge is 0.332 e. The van der Waals surface area contributed by atoms with Gasteiger partial charge in [-0.2, -0.15) is 0 Å². The minimum absolute atomic E-state index is 0.331. The normalized spacial score (nSPS) is 12.2. The molecular formula is C16H28N5O2S+. The Morgan fingerprint density at radius 1 is 1.00 bits per heavy atom. The summed E-state index contributed by atoms with van der Waals surface area (Å²) in [5, 5.41) is 0.773. The molecule has 0 aliphatic carbocycles. The molecule has 134 valence electrons. The van der Waals surface area contributed by atoms with Gasteiger partial charge in [0.2, 0.25) is 0 Å². The molecule has 0 aliphatic rings. The number of hydrogen-bond acceptors (Lipinski definition) is 4. The van der Waals surface area contributed by atoms with E-state index in [0.717, 1.165) is 22.0 Å². The highest BCUT2D eigenvalue weighted by Crippen LogP contribution is 2.19. The van der Waals surface area contributed by atoms with Crippen LogP contribution in [0.25, 0.3) is 11.2 Å². The van der Waals surface area contributed by atoms with Crippen LogP contribution in [0.2, 0.25) is 0 Å². The van der Waals surface area contributed by atoms with E-state index < -0.39 is 0 Å². The van der Waals surface area contributed by atoms with Gasteiger partial charge >= 0.3 is 5.69 Å². The first-order valence-electron chi connectivity index (χ1n) is 8.27. The maximum Gasteiger partial charge on any atom is 0.332 e. The van der Waals surface area contributed by atoms with E-state index in [4.69, 9.17) is 0 Å². The summed E-state index contributed by atoms with van der Waals surface area (Å²) in [6.07, 6.45) is 0.